The van der Waals surface area contributed by atoms with Crippen LogP contribution in [0, 0.1) is 5.92 Å². The van der Waals surface area contributed by atoms with Crippen molar-refractivity contribution in [3.63, 3.8) is 0 Å². The van der Waals surface area contributed by atoms with Crippen molar-refractivity contribution in [1.82, 2.24) is 10.2 Å². The van der Waals surface area contributed by atoms with Crippen molar-refractivity contribution in [1.29, 1.82) is 0 Å². The van der Waals surface area contributed by atoms with Crippen LogP contribution in [-0.4, -0.2) is 59.8 Å². The largest absolute Gasteiger partial charge is 0.480 e. The summed E-state index contributed by atoms with van der Waals surface area (Å²) in [5.41, 5.74) is -0.102. The molecule has 1 saturated carbocycles. The predicted molar refractivity (Wildman–Crippen MR) is 87.2 cm³/mol. The van der Waals surface area contributed by atoms with E-state index in [0.29, 0.717) is 26.1 Å². The van der Waals surface area contributed by atoms with Crippen molar-refractivity contribution in [2.75, 3.05) is 26.3 Å². The molecule has 0 bridgehead atoms. The second kappa shape index (κ2) is 8.11. The fraction of sp³-hybridized carbons (Fsp3) is 0.882. The summed E-state index contributed by atoms with van der Waals surface area (Å²) in [4.78, 5) is 26.2. The van der Waals surface area contributed by atoms with Gasteiger partial charge in [-0.05, 0) is 25.2 Å². The molecule has 0 aromatic heterocycles. The fourth-order valence-corrected chi connectivity index (χ4v) is 3.91. The monoisotopic (exact) mass is 326 g/mol. The Bertz CT molecular complexity index is 413. The van der Waals surface area contributed by atoms with E-state index in [9.17, 15) is 14.7 Å². The number of amides is 1. The molecule has 132 valence electrons. The summed E-state index contributed by atoms with van der Waals surface area (Å²) < 4.78 is 5.43. The van der Waals surface area contributed by atoms with Crippen LogP contribution in [0.15, 0.2) is 0 Å². The van der Waals surface area contributed by atoms with Crippen molar-refractivity contribution in [3.8, 4) is 0 Å². The molecule has 2 rings (SSSR count). The number of nitrogens with zero attached hydrogens (tertiary/aromatic N) is 1. The number of morpholine rings is 1. The third-order valence-electron chi connectivity index (χ3n) is 5.05. The van der Waals surface area contributed by atoms with Gasteiger partial charge in [-0.1, -0.05) is 26.7 Å². The van der Waals surface area contributed by atoms with E-state index >= 15 is 0 Å². The average Bonchev–Trinajstić information content (AvgIpc) is 2.96. The SMILES string of the molecule is CC(C)CC(NC(=O)CC1(N2CCOCC2)CCCC1)C(=O)O. The minimum Gasteiger partial charge on any atom is -0.480 e. The van der Waals surface area contributed by atoms with Gasteiger partial charge < -0.3 is 15.2 Å². The normalized spacial score (nSPS) is 22.9. The van der Waals surface area contributed by atoms with Crippen molar-refractivity contribution in [3.05, 3.63) is 0 Å². The van der Waals surface area contributed by atoms with E-state index in [4.69, 9.17) is 4.74 Å². The quantitative estimate of drug-likeness (QED) is 0.743. The van der Waals surface area contributed by atoms with Crippen molar-refractivity contribution >= 4 is 11.9 Å². The summed E-state index contributed by atoms with van der Waals surface area (Å²) in [6.07, 6.45) is 5.17. The van der Waals surface area contributed by atoms with Gasteiger partial charge in [0.2, 0.25) is 5.91 Å². The number of hydrogen-bond donors (Lipinski definition) is 2. The van der Waals surface area contributed by atoms with E-state index in [1.165, 1.54) is 0 Å². The molecule has 1 heterocycles. The number of carbonyl (C=O) groups excluding carboxylic acids is 1. The second-order valence-electron chi connectivity index (χ2n) is 7.30. The van der Waals surface area contributed by atoms with E-state index in [1.54, 1.807) is 0 Å². The minimum atomic E-state index is -0.945. The standard InChI is InChI=1S/C17H30N2O4/c1-13(2)11-14(16(21)22)18-15(20)12-17(5-3-4-6-17)19-7-9-23-10-8-19/h13-14H,3-12H2,1-2H3,(H,18,20)(H,21,22). The highest BCUT2D eigenvalue weighted by molar-refractivity contribution is 5.84. The van der Waals surface area contributed by atoms with Crippen molar-refractivity contribution in [2.24, 2.45) is 5.92 Å². The van der Waals surface area contributed by atoms with Crippen LogP contribution >= 0.6 is 0 Å². The Kier molecular flexibility index (Phi) is 6.41. The molecule has 1 unspecified atom stereocenters. The Labute approximate surface area is 138 Å². The molecule has 1 saturated heterocycles. The molecule has 6 nitrogen and oxygen atoms in total. The summed E-state index contributed by atoms with van der Waals surface area (Å²) in [6, 6.07) is -0.786. The zero-order valence-electron chi connectivity index (χ0n) is 14.3. The van der Waals surface area contributed by atoms with Gasteiger partial charge in [0, 0.05) is 25.0 Å². The van der Waals surface area contributed by atoms with E-state index in [0.717, 1.165) is 38.8 Å². The number of nitrogens with one attached hydrogen (secondary N) is 1. The molecule has 1 amide bonds. The van der Waals surface area contributed by atoms with Gasteiger partial charge in [0.1, 0.15) is 6.04 Å². The van der Waals surface area contributed by atoms with Gasteiger partial charge in [0.25, 0.3) is 0 Å². The smallest absolute Gasteiger partial charge is 0.326 e. The maximum atomic E-state index is 12.5. The topological polar surface area (TPSA) is 78.9 Å². The van der Waals surface area contributed by atoms with E-state index in [2.05, 4.69) is 10.2 Å². The highest BCUT2D eigenvalue weighted by Crippen LogP contribution is 2.38. The third kappa shape index (κ3) is 4.91. The van der Waals surface area contributed by atoms with Crippen LogP contribution in [-0.2, 0) is 14.3 Å². The zero-order chi connectivity index (χ0) is 16.9. The van der Waals surface area contributed by atoms with Gasteiger partial charge in [0.15, 0.2) is 0 Å². The molecule has 23 heavy (non-hydrogen) atoms. The maximum absolute atomic E-state index is 12.5. The van der Waals surface area contributed by atoms with E-state index in [1.807, 2.05) is 13.8 Å². The molecule has 1 atom stereocenters. The predicted octanol–water partition coefficient (Wildman–Crippen LogP) is 1.64. The lowest BCUT2D eigenvalue weighted by atomic mass is 9.89. The second-order valence-corrected chi connectivity index (χ2v) is 7.30. The van der Waals surface area contributed by atoms with Crippen LogP contribution < -0.4 is 5.32 Å². The molecular weight excluding hydrogens is 296 g/mol. The zero-order valence-corrected chi connectivity index (χ0v) is 14.3. The molecule has 2 N–H and O–H groups in total. The van der Waals surface area contributed by atoms with Gasteiger partial charge in [-0.15, -0.1) is 0 Å². The summed E-state index contributed by atoms with van der Waals surface area (Å²) in [5, 5.41) is 12.0. The first-order valence-electron chi connectivity index (χ1n) is 8.78. The minimum absolute atomic E-state index is 0.102. The Morgan fingerprint density at radius 1 is 1.22 bits per heavy atom. The van der Waals surface area contributed by atoms with Crippen LogP contribution in [0.2, 0.25) is 0 Å². The van der Waals surface area contributed by atoms with E-state index in [-0.39, 0.29) is 17.4 Å². The van der Waals surface area contributed by atoms with Crippen molar-refractivity contribution in [2.45, 2.75) is 64.0 Å². The summed E-state index contributed by atoms with van der Waals surface area (Å²) in [7, 11) is 0. The Balaban J connectivity index is 1.98. The lowest BCUT2D eigenvalue weighted by molar-refractivity contribution is -0.143. The summed E-state index contributed by atoms with van der Waals surface area (Å²) in [5.74, 6) is -0.846. The van der Waals surface area contributed by atoms with Gasteiger partial charge in [0.05, 0.1) is 13.2 Å². The highest BCUT2D eigenvalue weighted by atomic mass is 16.5. The van der Waals surface area contributed by atoms with Crippen LogP contribution in [0.25, 0.3) is 0 Å². The maximum Gasteiger partial charge on any atom is 0.326 e. The number of carboxylic acid groups (broad SMARTS) is 1. The van der Waals surface area contributed by atoms with Gasteiger partial charge in [-0.2, -0.15) is 0 Å². The lowest BCUT2D eigenvalue weighted by Crippen LogP contribution is -2.55. The summed E-state index contributed by atoms with van der Waals surface area (Å²) in [6.45, 7) is 7.09. The molecule has 2 fully saturated rings. The number of ether oxygens (including phenoxy) is 1. The van der Waals surface area contributed by atoms with Gasteiger partial charge >= 0.3 is 5.97 Å². The number of aliphatic carboxylic acids is 1. The number of carbonyl (C=O) groups is 2. The van der Waals surface area contributed by atoms with Crippen LogP contribution in [0.5, 0.6) is 0 Å². The van der Waals surface area contributed by atoms with Gasteiger partial charge in [-0.3, -0.25) is 9.69 Å². The first-order chi connectivity index (χ1) is 10.9. The summed E-state index contributed by atoms with van der Waals surface area (Å²) >= 11 is 0. The molecular formula is C17H30N2O4. The average molecular weight is 326 g/mol. The van der Waals surface area contributed by atoms with Crippen LogP contribution in [0.1, 0.15) is 52.4 Å². The molecule has 1 aliphatic carbocycles. The molecule has 6 heteroatoms. The highest BCUT2D eigenvalue weighted by Gasteiger charge is 2.42. The Hall–Kier alpha value is -1.14. The lowest BCUT2D eigenvalue weighted by Gasteiger charge is -2.43. The molecule has 0 aromatic rings. The van der Waals surface area contributed by atoms with Crippen LogP contribution in [0.4, 0.5) is 0 Å². The first-order valence-corrected chi connectivity index (χ1v) is 8.78. The first kappa shape index (κ1) is 18.2. The Morgan fingerprint density at radius 3 is 2.35 bits per heavy atom. The Morgan fingerprint density at radius 2 is 1.83 bits per heavy atom. The fourth-order valence-electron chi connectivity index (χ4n) is 3.91. The number of rotatable bonds is 7. The molecule has 1 aliphatic heterocycles. The number of carboxylic acids is 1. The van der Waals surface area contributed by atoms with Crippen LogP contribution in [0.3, 0.4) is 0 Å². The molecule has 2 aliphatic rings. The number of hydrogen-bond acceptors (Lipinski definition) is 4. The van der Waals surface area contributed by atoms with E-state index < -0.39 is 12.0 Å². The third-order valence-corrected chi connectivity index (χ3v) is 5.05. The molecule has 0 spiro atoms. The molecule has 0 aromatic carbocycles. The van der Waals surface area contributed by atoms with Gasteiger partial charge in [-0.25, -0.2) is 4.79 Å². The molecule has 0 radical (unpaired) electrons. The van der Waals surface area contributed by atoms with Crippen molar-refractivity contribution < 1.29 is 19.4 Å².